The van der Waals surface area contributed by atoms with E-state index in [0.717, 1.165) is 37.8 Å². The fourth-order valence-electron chi connectivity index (χ4n) is 3.45. The van der Waals surface area contributed by atoms with Gasteiger partial charge in [0, 0.05) is 37.5 Å². The zero-order valence-electron chi connectivity index (χ0n) is 14.7. The molecule has 0 amide bonds. The van der Waals surface area contributed by atoms with E-state index in [0.29, 0.717) is 25.7 Å². The molecule has 8 heteroatoms. The molecule has 0 saturated carbocycles. The number of aromatic nitrogens is 3. The van der Waals surface area contributed by atoms with E-state index in [2.05, 4.69) is 37.3 Å². The molecule has 2 saturated heterocycles. The molecule has 2 aromatic rings. The third-order valence-electron chi connectivity index (χ3n) is 4.84. The van der Waals surface area contributed by atoms with Gasteiger partial charge in [0.15, 0.2) is 0 Å². The number of nitrogens with zero attached hydrogens (tertiary/aromatic N) is 4. The fourth-order valence-corrected chi connectivity index (χ4v) is 3.45. The van der Waals surface area contributed by atoms with Crippen molar-refractivity contribution in [1.29, 1.82) is 0 Å². The van der Waals surface area contributed by atoms with Crippen molar-refractivity contribution >= 4 is 17.6 Å². The molecule has 138 valence electrons. The Hall–Kier alpha value is -2.45. The number of rotatable bonds is 5. The molecule has 0 radical (unpaired) electrons. The van der Waals surface area contributed by atoms with E-state index >= 15 is 0 Å². The van der Waals surface area contributed by atoms with E-state index in [-0.39, 0.29) is 12.0 Å². The fraction of sp³-hybridized carbons (Fsp3) is 0.500. The van der Waals surface area contributed by atoms with Crippen LogP contribution in [-0.4, -0.2) is 60.5 Å². The Morgan fingerprint density at radius 2 is 1.92 bits per heavy atom. The Morgan fingerprint density at radius 3 is 2.73 bits per heavy atom. The molecule has 26 heavy (non-hydrogen) atoms. The number of pyridine rings is 1. The quantitative estimate of drug-likeness (QED) is 0.817. The number of hydrogen-bond acceptors (Lipinski definition) is 8. The molecule has 4 rings (SSSR count). The summed E-state index contributed by atoms with van der Waals surface area (Å²) in [4.78, 5) is 15.0. The molecule has 0 aliphatic carbocycles. The molecule has 2 aliphatic heterocycles. The largest absolute Gasteiger partial charge is 0.379 e. The third-order valence-corrected chi connectivity index (χ3v) is 4.84. The van der Waals surface area contributed by atoms with E-state index in [9.17, 15) is 0 Å². The molecule has 2 atom stereocenters. The molecule has 2 fully saturated rings. The Labute approximate surface area is 152 Å². The lowest BCUT2D eigenvalue weighted by atomic mass is 9.95. The lowest BCUT2D eigenvalue weighted by Gasteiger charge is -2.28. The highest BCUT2D eigenvalue weighted by molar-refractivity contribution is 5.53. The number of anilines is 3. The normalized spacial score (nSPS) is 23.2. The zero-order chi connectivity index (χ0) is 17.8. The Balaban J connectivity index is 1.46. The van der Waals surface area contributed by atoms with Crippen LogP contribution in [-0.2, 0) is 15.9 Å². The van der Waals surface area contributed by atoms with Crippen molar-refractivity contribution < 1.29 is 9.47 Å². The van der Waals surface area contributed by atoms with Gasteiger partial charge < -0.3 is 25.4 Å². The molecule has 8 nitrogen and oxygen atoms in total. The number of nitrogens with two attached hydrogens (primary N) is 1. The summed E-state index contributed by atoms with van der Waals surface area (Å²) in [7, 11) is 0. The first-order chi connectivity index (χ1) is 12.8. The summed E-state index contributed by atoms with van der Waals surface area (Å²) < 4.78 is 11.1. The summed E-state index contributed by atoms with van der Waals surface area (Å²) in [5, 5.41) is 3.50. The standard InChI is InChI=1S/C18H24N6O2/c19-18-22-16(10-17(23-18)24-5-7-25-8-6-24)21-15-12-26-11-14(15)9-13-1-3-20-4-2-13/h1-4,10,14-15H,5-9,11-12H2,(H3,19,21,22,23). The second kappa shape index (κ2) is 7.84. The molecule has 3 N–H and O–H groups in total. The Morgan fingerprint density at radius 1 is 1.12 bits per heavy atom. The topological polar surface area (TPSA) is 98.4 Å². The zero-order valence-corrected chi connectivity index (χ0v) is 14.7. The van der Waals surface area contributed by atoms with Gasteiger partial charge in [0.05, 0.1) is 32.5 Å². The van der Waals surface area contributed by atoms with Gasteiger partial charge in [0.25, 0.3) is 0 Å². The maximum absolute atomic E-state index is 5.94. The average Bonchev–Trinajstić information content (AvgIpc) is 3.09. The second-order valence-corrected chi connectivity index (χ2v) is 6.68. The lowest BCUT2D eigenvalue weighted by Crippen LogP contribution is -2.37. The highest BCUT2D eigenvalue weighted by atomic mass is 16.5. The van der Waals surface area contributed by atoms with Gasteiger partial charge in [-0.3, -0.25) is 4.98 Å². The molecular formula is C18H24N6O2. The SMILES string of the molecule is Nc1nc(NC2COCC2Cc2ccncc2)cc(N2CCOCC2)n1. The first-order valence-electron chi connectivity index (χ1n) is 8.98. The Bertz CT molecular complexity index is 723. The summed E-state index contributed by atoms with van der Waals surface area (Å²) in [5.74, 6) is 2.24. The van der Waals surface area contributed by atoms with Crippen molar-refractivity contribution in [3.63, 3.8) is 0 Å². The van der Waals surface area contributed by atoms with E-state index in [1.807, 2.05) is 18.5 Å². The number of hydrogen-bond donors (Lipinski definition) is 2. The van der Waals surface area contributed by atoms with Gasteiger partial charge in [-0.15, -0.1) is 0 Å². The summed E-state index contributed by atoms with van der Waals surface area (Å²) in [6, 6.07) is 6.25. The molecule has 2 aliphatic rings. The summed E-state index contributed by atoms with van der Waals surface area (Å²) in [5.41, 5.74) is 7.20. The maximum Gasteiger partial charge on any atom is 0.223 e. The second-order valence-electron chi connectivity index (χ2n) is 6.68. The summed E-state index contributed by atoms with van der Waals surface area (Å²) >= 11 is 0. The van der Waals surface area contributed by atoms with Crippen LogP contribution in [0.1, 0.15) is 5.56 Å². The van der Waals surface area contributed by atoms with Crippen molar-refractivity contribution in [2.45, 2.75) is 12.5 Å². The third kappa shape index (κ3) is 4.03. The van der Waals surface area contributed by atoms with Gasteiger partial charge in [0.1, 0.15) is 11.6 Å². The van der Waals surface area contributed by atoms with Gasteiger partial charge >= 0.3 is 0 Å². The highest BCUT2D eigenvalue weighted by Crippen LogP contribution is 2.24. The van der Waals surface area contributed by atoms with Crippen LogP contribution in [0.15, 0.2) is 30.6 Å². The minimum Gasteiger partial charge on any atom is -0.379 e. The van der Waals surface area contributed by atoms with Crippen LogP contribution in [0.4, 0.5) is 17.6 Å². The minimum absolute atomic E-state index is 0.190. The van der Waals surface area contributed by atoms with Crippen molar-refractivity contribution in [1.82, 2.24) is 15.0 Å². The van der Waals surface area contributed by atoms with Gasteiger partial charge in [-0.1, -0.05) is 0 Å². The van der Waals surface area contributed by atoms with E-state index in [1.54, 1.807) is 0 Å². The number of ether oxygens (including phenoxy) is 2. The van der Waals surface area contributed by atoms with Crippen LogP contribution < -0.4 is 16.0 Å². The molecule has 0 spiro atoms. The van der Waals surface area contributed by atoms with E-state index in [1.165, 1.54) is 5.56 Å². The van der Waals surface area contributed by atoms with Crippen molar-refractivity contribution in [2.75, 3.05) is 55.5 Å². The maximum atomic E-state index is 5.94. The predicted octanol–water partition coefficient (Wildman–Crippen LogP) is 0.960. The van der Waals surface area contributed by atoms with Crippen molar-refractivity contribution in [2.24, 2.45) is 5.92 Å². The molecule has 2 unspecified atom stereocenters. The van der Waals surface area contributed by atoms with Crippen LogP contribution in [0.25, 0.3) is 0 Å². The van der Waals surface area contributed by atoms with Gasteiger partial charge in [-0.2, -0.15) is 9.97 Å². The number of morpholine rings is 1. The number of nitrogen functional groups attached to an aromatic ring is 1. The highest BCUT2D eigenvalue weighted by Gasteiger charge is 2.29. The van der Waals surface area contributed by atoms with Crippen molar-refractivity contribution in [3.8, 4) is 0 Å². The molecule has 0 bridgehead atoms. The van der Waals surface area contributed by atoms with Crippen molar-refractivity contribution in [3.05, 3.63) is 36.2 Å². The van der Waals surface area contributed by atoms with E-state index in [4.69, 9.17) is 15.2 Å². The minimum atomic E-state index is 0.190. The van der Waals surface area contributed by atoms with Crippen LogP contribution in [0, 0.1) is 5.92 Å². The van der Waals surface area contributed by atoms with Gasteiger partial charge in [-0.25, -0.2) is 0 Å². The van der Waals surface area contributed by atoms with Gasteiger partial charge in [0.2, 0.25) is 5.95 Å². The van der Waals surface area contributed by atoms with Crippen LogP contribution >= 0.6 is 0 Å². The Kier molecular flexibility index (Phi) is 5.12. The van der Waals surface area contributed by atoms with Crippen LogP contribution in [0.5, 0.6) is 0 Å². The summed E-state index contributed by atoms with van der Waals surface area (Å²) in [6.45, 7) is 4.43. The van der Waals surface area contributed by atoms with E-state index < -0.39 is 0 Å². The number of nitrogens with one attached hydrogen (secondary N) is 1. The molecule has 0 aromatic carbocycles. The first-order valence-corrected chi connectivity index (χ1v) is 8.98. The van der Waals surface area contributed by atoms with Crippen LogP contribution in [0.2, 0.25) is 0 Å². The summed E-state index contributed by atoms with van der Waals surface area (Å²) in [6.07, 6.45) is 4.59. The molecular weight excluding hydrogens is 332 g/mol. The lowest BCUT2D eigenvalue weighted by molar-refractivity contribution is 0.122. The monoisotopic (exact) mass is 356 g/mol. The van der Waals surface area contributed by atoms with Gasteiger partial charge in [-0.05, 0) is 24.1 Å². The predicted molar refractivity (Wildman–Crippen MR) is 99.1 cm³/mol. The molecule has 4 heterocycles. The van der Waals surface area contributed by atoms with Crippen LogP contribution in [0.3, 0.4) is 0 Å². The smallest absolute Gasteiger partial charge is 0.223 e. The molecule has 2 aromatic heterocycles. The average molecular weight is 356 g/mol. The first kappa shape index (κ1) is 17.0.